The highest BCUT2D eigenvalue weighted by molar-refractivity contribution is 5.72. The highest BCUT2D eigenvalue weighted by Crippen LogP contribution is 2.45. The van der Waals surface area contributed by atoms with E-state index in [1.54, 1.807) is 0 Å². The van der Waals surface area contributed by atoms with Gasteiger partial charge in [-0.3, -0.25) is 4.79 Å². The molecular weight excluding hydrogens is 342 g/mol. The lowest BCUT2D eigenvalue weighted by Gasteiger charge is -2.37. The largest absolute Gasteiger partial charge is 0.329 e. The Morgan fingerprint density at radius 1 is 0.500 bits per heavy atom. The van der Waals surface area contributed by atoms with Crippen molar-refractivity contribution < 1.29 is 4.79 Å². The molecule has 0 radical (unpaired) electrons. The van der Waals surface area contributed by atoms with Crippen LogP contribution in [0.3, 0.4) is 0 Å². The Labute approximate surface area is 165 Å². The van der Waals surface area contributed by atoms with Crippen LogP contribution in [0.1, 0.15) is 22.3 Å². The first kappa shape index (κ1) is 17.7. The SMILES string of the molecule is O=CNc1ccc(C(c2ccccc2)(c2ccccc2)c2ccccc2)cc1. The quantitative estimate of drug-likeness (QED) is 0.349. The molecule has 4 aromatic rings. The maximum atomic E-state index is 10.8. The fraction of sp³-hybridized carbons (Fsp3) is 0.0385. The van der Waals surface area contributed by atoms with E-state index in [0.29, 0.717) is 6.41 Å². The van der Waals surface area contributed by atoms with Gasteiger partial charge in [-0.05, 0) is 34.4 Å². The topological polar surface area (TPSA) is 29.1 Å². The van der Waals surface area contributed by atoms with E-state index in [0.717, 1.165) is 11.3 Å². The van der Waals surface area contributed by atoms with Crippen molar-refractivity contribution in [3.63, 3.8) is 0 Å². The van der Waals surface area contributed by atoms with Gasteiger partial charge in [-0.2, -0.15) is 0 Å². The van der Waals surface area contributed by atoms with Gasteiger partial charge in [-0.15, -0.1) is 0 Å². The van der Waals surface area contributed by atoms with E-state index in [2.05, 4.69) is 90.2 Å². The van der Waals surface area contributed by atoms with Crippen molar-refractivity contribution in [2.45, 2.75) is 5.41 Å². The third kappa shape index (κ3) is 3.10. The van der Waals surface area contributed by atoms with E-state index in [1.807, 2.05) is 30.3 Å². The summed E-state index contributed by atoms with van der Waals surface area (Å²) in [5.74, 6) is 0. The summed E-state index contributed by atoms with van der Waals surface area (Å²) in [6, 6.07) is 39.8. The van der Waals surface area contributed by atoms with Gasteiger partial charge in [-0.25, -0.2) is 0 Å². The van der Waals surface area contributed by atoms with Crippen LogP contribution in [0.15, 0.2) is 115 Å². The number of nitrogens with one attached hydrogen (secondary N) is 1. The van der Waals surface area contributed by atoms with Crippen LogP contribution in [-0.2, 0) is 10.2 Å². The molecule has 0 aliphatic heterocycles. The first-order valence-corrected chi connectivity index (χ1v) is 9.33. The number of rotatable bonds is 6. The second kappa shape index (κ2) is 7.93. The van der Waals surface area contributed by atoms with E-state index in [-0.39, 0.29) is 0 Å². The molecule has 0 aromatic heterocycles. The second-order valence-electron chi connectivity index (χ2n) is 6.69. The van der Waals surface area contributed by atoms with Crippen molar-refractivity contribution in [2.24, 2.45) is 0 Å². The second-order valence-corrected chi connectivity index (χ2v) is 6.69. The number of carbonyl (C=O) groups is 1. The number of hydrogen-bond acceptors (Lipinski definition) is 1. The summed E-state index contributed by atoms with van der Waals surface area (Å²) in [6.07, 6.45) is 0.702. The van der Waals surface area contributed by atoms with Crippen LogP contribution in [0.4, 0.5) is 5.69 Å². The summed E-state index contributed by atoms with van der Waals surface area (Å²) >= 11 is 0. The molecule has 0 unspecified atom stereocenters. The zero-order valence-corrected chi connectivity index (χ0v) is 15.5. The van der Waals surface area contributed by atoms with E-state index in [9.17, 15) is 4.79 Å². The van der Waals surface area contributed by atoms with Gasteiger partial charge in [0.1, 0.15) is 0 Å². The summed E-state index contributed by atoms with van der Waals surface area (Å²) in [4.78, 5) is 10.8. The maximum absolute atomic E-state index is 10.8. The fourth-order valence-corrected chi connectivity index (χ4v) is 3.95. The number of benzene rings is 4. The molecule has 136 valence electrons. The molecule has 0 spiro atoms. The number of amides is 1. The van der Waals surface area contributed by atoms with Gasteiger partial charge in [0, 0.05) is 5.69 Å². The monoisotopic (exact) mass is 363 g/mol. The molecule has 4 rings (SSSR count). The molecule has 2 nitrogen and oxygen atoms in total. The van der Waals surface area contributed by atoms with Gasteiger partial charge in [0.2, 0.25) is 6.41 Å². The number of carbonyl (C=O) groups excluding carboxylic acids is 1. The van der Waals surface area contributed by atoms with E-state index < -0.39 is 5.41 Å². The van der Waals surface area contributed by atoms with E-state index >= 15 is 0 Å². The minimum atomic E-state index is -0.455. The summed E-state index contributed by atoms with van der Waals surface area (Å²) in [5.41, 5.74) is 5.06. The predicted molar refractivity (Wildman–Crippen MR) is 114 cm³/mol. The summed E-state index contributed by atoms with van der Waals surface area (Å²) in [5, 5.41) is 2.72. The molecule has 0 bridgehead atoms. The Hall–Kier alpha value is -3.65. The fourth-order valence-electron chi connectivity index (χ4n) is 3.95. The highest BCUT2D eigenvalue weighted by Gasteiger charge is 2.37. The average Bonchev–Trinajstić information content (AvgIpc) is 2.78. The smallest absolute Gasteiger partial charge is 0.211 e. The third-order valence-corrected chi connectivity index (χ3v) is 5.16. The Bertz CT molecular complexity index is 929. The zero-order valence-electron chi connectivity index (χ0n) is 15.5. The molecule has 0 fully saturated rings. The van der Waals surface area contributed by atoms with Crippen LogP contribution in [0.25, 0.3) is 0 Å². The molecule has 1 N–H and O–H groups in total. The molecule has 1 amide bonds. The minimum Gasteiger partial charge on any atom is -0.329 e. The maximum Gasteiger partial charge on any atom is 0.211 e. The van der Waals surface area contributed by atoms with Crippen LogP contribution in [-0.4, -0.2) is 6.41 Å². The lowest BCUT2D eigenvalue weighted by molar-refractivity contribution is -0.105. The Morgan fingerprint density at radius 2 is 0.857 bits per heavy atom. The molecule has 0 atom stereocenters. The van der Waals surface area contributed by atoms with Crippen LogP contribution in [0, 0.1) is 0 Å². The van der Waals surface area contributed by atoms with Crippen molar-refractivity contribution in [1.82, 2.24) is 0 Å². The summed E-state index contributed by atoms with van der Waals surface area (Å²) < 4.78 is 0. The Morgan fingerprint density at radius 3 is 1.21 bits per heavy atom. The van der Waals surface area contributed by atoms with Crippen LogP contribution in [0.5, 0.6) is 0 Å². The summed E-state index contributed by atoms with van der Waals surface area (Å²) in [6.45, 7) is 0. The number of anilines is 1. The summed E-state index contributed by atoms with van der Waals surface area (Å²) in [7, 11) is 0. The normalized spacial score (nSPS) is 11.0. The van der Waals surface area contributed by atoms with Gasteiger partial charge in [-0.1, -0.05) is 103 Å². The van der Waals surface area contributed by atoms with Gasteiger partial charge in [0.05, 0.1) is 5.41 Å². The minimum absolute atomic E-state index is 0.455. The van der Waals surface area contributed by atoms with Gasteiger partial charge in [0.15, 0.2) is 0 Å². The van der Waals surface area contributed by atoms with Crippen molar-refractivity contribution in [3.8, 4) is 0 Å². The highest BCUT2D eigenvalue weighted by atomic mass is 16.1. The third-order valence-electron chi connectivity index (χ3n) is 5.16. The van der Waals surface area contributed by atoms with Crippen LogP contribution >= 0.6 is 0 Å². The predicted octanol–water partition coefficient (Wildman–Crippen LogP) is 5.64. The van der Waals surface area contributed by atoms with Crippen LogP contribution < -0.4 is 5.32 Å². The van der Waals surface area contributed by atoms with Crippen molar-refractivity contribution in [1.29, 1.82) is 0 Å². The first-order chi connectivity index (χ1) is 13.9. The van der Waals surface area contributed by atoms with Crippen LogP contribution in [0.2, 0.25) is 0 Å². The molecule has 28 heavy (non-hydrogen) atoms. The molecule has 0 aliphatic carbocycles. The van der Waals surface area contributed by atoms with Gasteiger partial charge in [0.25, 0.3) is 0 Å². The molecule has 2 heteroatoms. The molecule has 0 aliphatic rings. The first-order valence-electron chi connectivity index (χ1n) is 9.33. The van der Waals surface area contributed by atoms with E-state index in [1.165, 1.54) is 16.7 Å². The molecular formula is C26H21NO. The lowest BCUT2D eigenvalue weighted by Crippen LogP contribution is -2.30. The molecule has 4 aromatic carbocycles. The lowest BCUT2D eigenvalue weighted by atomic mass is 9.65. The Balaban J connectivity index is 2.05. The Kier molecular flexibility index (Phi) is 5.03. The molecule has 0 saturated carbocycles. The van der Waals surface area contributed by atoms with Crippen molar-refractivity contribution >= 4 is 12.1 Å². The number of hydrogen-bond donors (Lipinski definition) is 1. The van der Waals surface area contributed by atoms with Crippen molar-refractivity contribution in [2.75, 3.05) is 5.32 Å². The standard InChI is InChI=1S/C26H21NO/c28-20-27-25-18-16-24(17-19-25)26(21-10-4-1-5-11-21,22-12-6-2-7-13-22)23-14-8-3-9-15-23/h1-20H,(H,27,28). The van der Waals surface area contributed by atoms with Gasteiger partial charge < -0.3 is 5.32 Å². The average molecular weight is 363 g/mol. The van der Waals surface area contributed by atoms with Crippen molar-refractivity contribution in [3.05, 3.63) is 138 Å². The molecule has 0 saturated heterocycles. The molecule has 0 heterocycles. The van der Waals surface area contributed by atoms with E-state index in [4.69, 9.17) is 0 Å². The van der Waals surface area contributed by atoms with Gasteiger partial charge >= 0.3 is 0 Å². The zero-order chi connectivity index (χ0) is 19.2.